The largest absolute Gasteiger partial charge is 0.478 e. The maximum absolute atomic E-state index is 5.34. The van der Waals surface area contributed by atoms with Crippen molar-refractivity contribution in [2.24, 2.45) is 0 Å². The number of nitrogens with zero attached hydrogens (tertiary/aromatic N) is 1. The van der Waals surface area contributed by atoms with E-state index in [1.54, 1.807) is 6.20 Å². The molecule has 0 amide bonds. The van der Waals surface area contributed by atoms with Crippen LogP contribution < -0.4 is 4.74 Å². The summed E-state index contributed by atoms with van der Waals surface area (Å²) in [5, 5.41) is 0. The normalized spacial score (nSPS) is 10.0. The third kappa shape index (κ3) is 4.55. The summed E-state index contributed by atoms with van der Waals surface area (Å²) in [6, 6.07) is 3.72. The highest BCUT2D eigenvalue weighted by Gasteiger charge is 1.94. The van der Waals surface area contributed by atoms with Crippen molar-refractivity contribution in [3.63, 3.8) is 0 Å². The van der Waals surface area contributed by atoms with Crippen LogP contribution in [-0.4, -0.2) is 18.2 Å². The third-order valence-corrected chi connectivity index (χ3v) is 2.06. The summed E-state index contributed by atoms with van der Waals surface area (Å²) in [7, 11) is 2.21. The van der Waals surface area contributed by atoms with Gasteiger partial charge in [-0.05, 0) is 22.0 Å². The summed E-state index contributed by atoms with van der Waals surface area (Å²) in [6.45, 7) is 1.31. The van der Waals surface area contributed by atoms with Crippen molar-refractivity contribution in [2.75, 3.05) is 13.2 Å². The number of hydrogen-bond donors (Lipinski definition) is 0. The number of halogens is 1. The monoisotopic (exact) mass is 263 g/mol. The Morgan fingerprint density at radius 1 is 1.38 bits per heavy atom. The van der Waals surface area contributed by atoms with Gasteiger partial charge in [-0.25, -0.2) is 4.98 Å². The van der Waals surface area contributed by atoms with E-state index in [9.17, 15) is 0 Å². The van der Waals surface area contributed by atoms with Gasteiger partial charge in [-0.2, -0.15) is 0 Å². The fraction of sp³-hybridized carbons (Fsp3) is 0.375. The Bertz CT molecular complexity index is 242. The molecule has 0 saturated carbocycles. The molecule has 0 aromatic carbocycles. The molecular formula is C8H11BrNO2P. The van der Waals surface area contributed by atoms with Crippen LogP contribution in [0.2, 0.25) is 0 Å². The van der Waals surface area contributed by atoms with E-state index in [0.717, 1.165) is 10.9 Å². The summed E-state index contributed by atoms with van der Waals surface area (Å²) in [5.74, 6) is 0.645. The maximum atomic E-state index is 5.34. The summed E-state index contributed by atoms with van der Waals surface area (Å²) in [4.78, 5) is 4.06. The first-order chi connectivity index (χ1) is 6.33. The molecular weight excluding hydrogens is 253 g/mol. The fourth-order valence-electron chi connectivity index (χ4n) is 0.767. The lowest BCUT2D eigenvalue weighted by Crippen LogP contribution is -2.01. The highest BCUT2D eigenvalue weighted by Crippen LogP contribution is 2.12. The zero-order chi connectivity index (χ0) is 9.52. The average Bonchev–Trinajstić information content (AvgIpc) is 2.15. The lowest BCUT2D eigenvalue weighted by atomic mass is 10.5. The molecule has 5 heteroatoms. The van der Waals surface area contributed by atoms with Crippen LogP contribution in [0.5, 0.6) is 5.88 Å². The van der Waals surface area contributed by atoms with Crippen LogP contribution in [0.25, 0.3) is 0 Å². The van der Waals surface area contributed by atoms with Gasteiger partial charge in [0.05, 0.1) is 13.2 Å². The lowest BCUT2D eigenvalue weighted by Gasteiger charge is -2.03. The third-order valence-electron chi connectivity index (χ3n) is 1.36. The first-order valence-electron chi connectivity index (χ1n) is 3.89. The quantitative estimate of drug-likeness (QED) is 0.604. The van der Waals surface area contributed by atoms with E-state index in [2.05, 4.69) is 30.4 Å². The second kappa shape index (κ2) is 6.30. The van der Waals surface area contributed by atoms with E-state index < -0.39 is 0 Å². The first kappa shape index (κ1) is 10.9. The van der Waals surface area contributed by atoms with Gasteiger partial charge in [0.25, 0.3) is 0 Å². The predicted molar refractivity (Wildman–Crippen MR) is 57.7 cm³/mol. The molecule has 0 aliphatic rings. The smallest absolute Gasteiger partial charge is 0.213 e. The molecule has 1 rings (SSSR count). The van der Waals surface area contributed by atoms with E-state index in [0.29, 0.717) is 19.1 Å². The molecule has 1 aromatic heterocycles. The van der Waals surface area contributed by atoms with Crippen molar-refractivity contribution < 1.29 is 9.26 Å². The summed E-state index contributed by atoms with van der Waals surface area (Å²) in [5.41, 5.74) is 0. The van der Waals surface area contributed by atoms with Gasteiger partial charge in [-0.3, -0.25) is 0 Å². The predicted octanol–water partition coefficient (Wildman–Crippen LogP) is 2.42. The molecule has 0 saturated heterocycles. The standard InChI is InChI=1S/C8H11BrNO2P/c9-7-2-3-8(10-6-7)11-4-1-5-12-13/h2-3,6H,1,4-5,13H2. The molecule has 1 aromatic rings. The van der Waals surface area contributed by atoms with Crippen LogP contribution in [0.1, 0.15) is 6.42 Å². The molecule has 13 heavy (non-hydrogen) atoms. The van der Waals surface area contributed by atoms with Crippen molar-refractivity contribution in [3.05, 3.63) is 22.8 Å². The molecule has 0 radical (unpaired) electrons. The van der Waals surface area contributed by atoms with Crippen molar-refractivity contribution in [3.8, 4) is 5.88 Å². The molecule has 1 atom stereocenters. The number of rotatable bonds is 5. The molecule has 0 bridgehead atoms. The van der Waals surface area contributed by atoms with Crippen LogP contribution in [0, 0.1) is 0 Å². The van der Waals surface area contributed by atoms with Gasteiger partial charge in [0.15, 0.2) is 0 Å². The topological polar surface area (TPSA) is 31.4 Å². The van der Waals surface area contributed by atoms with Gasteiger partial charge in [-0.15, -0.1) is 0 Å². The van der Waals surface area contributed by atoms with Crippen LogP contribution in [-0.2, 0) is 4.52 Å². The molecule has 0 spiro atoms. The van der Waals surface area contributed by atoms with Gasteiger partial charge in [0.2, 0.25) is 5.88 Å². The molecule has 0 aliphatic carbocycles. The highest BCUT2D eigenvalue weighted by molar-refractivity contribution is 9.10. The number of ether oxygens (including phenoxy) is 1. The molecule has 3 nitrogen and oxygen atoms in total. The van der Waals surface area contributed by atoms with E-state index in [4.69, 9.17) is 9.26 Å². The van der Waals surface area contributed by atoms with Crippen LogP contribution in [0.15, 0.2) is 22.8 Å². The molecule has 0 N–H and O–H groups in total. The highest BCUT2D eigenvalue weighted by atomic mass is 79.9. The van der Waals surface area contributed by atoms with Crippen molar-refractivity contribution >= 4 is 25.4 Å². The molecule has 72 valence electrons. The minimum absolute atomic E-state index is 0.628. The summed E-state index contributed by atoms with van der Waals surface area (Å²) in [6.07, 6.45) is 2.57. The average molecular weight is 264 g/mol. The van der Waals surface area contributed by atoms with Crippen LogP contribution >= 0.6 is 25.4 Å². The van der Waals surface area contributed by atoms with Gasteiger partial charge < -0.3 is 9.26 Å². The maximum Gasteiger partial charge on any atom is 0.213 e. The number of hydrogen-bond acceptors (Lipinski definition) is 3. The summed E-state index contributed by atoms with van der Waals surface area (Å²) < 4.78 is 11.1. The Hall–Kier alpha value is -0.180. The van der Waals surface area contributed by atoms with E-state index in [-0.39, 0.29) is 0 Å². The Balaban J connectivity index is 2.25. The zero-order valence-corrected chi connectivity index (χ0v) is 9.81. The van der Waals surface area contributed by atoms with Crippen LogP contribution in [0.3, 0.4) is 0 Å². The Labute approximate surface area is 88.3 Å². The minimum atomic E-state index is 0.628. The van der Waals surface area contributed by atoms with Crippen molar-refractivity contribution in [2.45, 2.75) is 6.42 Å². The van der Waals surface area contributed by atoms with Gasteiger partial charge >= 0.3 is 0 Å². The Kier molecular flexibility index (Phi) is 5.28. The van der Waals surface area contributed by atoms with E-state index in [1.807, 2.05) is 12.1 Å². The fourth-order valence-corrected chi connectivity index (χ4v) is 1.17. The van der Waals surface area contributed by atoms with Gasteiger partial charge in [0, 0.05) is 32.6 Å². The Morgan fingerprint density at radius 2 is 2.23 bits per heavy atom. The van der Waals surface area contributed by atoms with E-state index >= 15 is 0 Å². The number of pyridine rings is 1. The zero-order valence-electron chi connectivity index (χ0n) is 7.07. The molecule has 1 heterocycles. The second-order valence-corrected chi connectivity index (χ2v) is 3.64. The van der Waals surface area contributed by atoms with E-state index in [1.165, 1.54) is 0 Å². The van der Waals surface area contributed by atoms with Crippen molar-refractivity contribution in [1.29, 1.82) is 0 Å². The SMILES string of the molecule is POCCCOc1ccc(Br)cn1. The Morgan fingerprint density at radius 3 is 2.85 bits per heavy atom. The second-order valence-electron chi connectivity index (χ2n) is 2.39. The minimum Gasteiger partial charge on any atom is -0.478 e. The van der Waals surface area contributed by atoms with Gasteiger partial charge in [-0.1, -0.05) is 0 Å². The molecule has 0 fully saturated rings. The van der Waals surface area contributed by atoms with Crippen LogP contribution in [0.4, 0.5) is 0 Å². The molecule has 1 unspecified atom stereocenters. The molecule has 0 aliphatic heterocycles. The first-order valence-corrected chi connectivity index (χ1v) is 5.15. The summed E-state index contributed by atoms with van der Waals surface area (Å²) >= 11 is 3.30. The number of aromatic nitrogens is 1. The van der Waals surface area contributed by atoms with Crippen molar-refractivity contribution in [1.82, 2.24) is 4.98 Å². The van der Waals surface area contributed by atoms with Gasteiger partial charge in [0.1, 0.15) is 0 Å². The lowest BCUT2D eigenvalue weighted by molar-refractivity contribution is 0.259.